The Kier molecular flexibility index (Phi) is 10.0. The minimum absolute atomic E-state index is 0.199. The molecule has 6 rings (SSSR count). The van der Waals surface area contributed by atoms with Crippen LogP contribution in [0.2, 0.25) is 0 Å². The topological polar surface area (TPSA) is 65.5 Å². The van der Waals surface area contributed by atoms with Gasteiger partial charge in [-0.25, -0.2) is 0 Å². The van der Waals surface area contributed by atoms with Crippen molar-refractivity contribution in [3.8, 4) is 39.5 Å². The number of hydrogen-bond acceptors (Lipinski definition) is 6. The van der Waals surface area contributed by atoms with Crippen molar-refractivity contribution in [3.05, 3.63) is 126 Å². The third kappa shape index (κ3) is 7.66. The molecule has 0 radical (unpaired) electrons. The molecular weight excluding hydrogens is 546 g/mol. The van der Waals surface area contributed by atoms with Crippen molar-refractivity contribution < 1.29 is 14.2 Å². The van der Waals surface area contributed by atoms with E-state index < -0.39 is 0 Å². The number of benzene rings is 3. The fourth-order valence-corrected chi connectivity index (χ4v) is 4.92. The largest absolute Gasteiger partial charge is 0.497 e. The van der Waals surface area contributed by atoms with Crippen LogP contribution in [0.5, 0.6) is 17.2 Å². The molecule has 1 aliphatic heterocycles. The summed E-state index contributed by atoms with van der Waals surface area (Å²) in [7, 11) is 3.33. The highest BCUT2D eigenvalue weighted by atomic mass is 35.5. The van der Waals surface area contributed by atoms with Gasteiger partial charge in [0.15, 0.2) is 0 Å². The smallest absolute Gasteiger partial charge is 0.123 e. The lowest BCUT2D eigenvalue weighted by Crippen LogP contribution is -2.29. The maximum Gasteiger partial charge on any atom is 0.123 e. The minimum Gasteiger partial charge on any atom is -0.497 e. The van der Waals surface area contributed by atoms with Crippen LogP contribution < -0.4 is 19.5 Å². The van der Waals surface area contributed by atoms with Gasteiger partial charge < -0.3 is 19.5 Å². The molecule has 0 aliphatic carbocycles. The standard InChI is InChI=1S/C22H22N2O2.C13H12ClNO/c1-25-20-8-6-17(7-9-20)19-10-16(12-23-14-19)13-24-15-21-11-18-4-2-3-5-22(18)26-21;1-16-13-4-2-11(3-5-13)12-6-10(7-14)8-15-9-12/h2-10,12,14,21,24H,11,13,15H2,1H3;2-6,8-9H,7H2,1H3. The molecular formula is C35H34ClN3O3. The Morgan fingerprint density at radius 2 is 1.31 bits per heavy atom. The molecule has 214 valence electrons. The Labute approximate surface area is 252 Å². The van der Waals surface area contributed by atoms with Gasteiger partial charge in [0.1, 0.15) is 23.4 Å². The van der Waals surface area contributed by atoms with Gasteiger partial charge in [0, 0.05) is 61.3 Å². The predicted molar refractivity (Wildman–Crippen MR) is 168 cm³/mol. The number of rotatable bonds is 9. The van der Waals surface area contributed by atoms with Crippen molar-refractivity contribution >= 4 is 11.6 Å². The molecule has 7 heteroatoms. The number of halogens is 1. The van der Waals surface area contributed by atoms with Crippen molar-refractivity contribution in [1.29, 1.82) is 0 Å². The summed E-state index contributed by atoms with van der Waals surface area (Å²) in [5, 5.41) is 3.49. The van der Waals surface area contributed by atoms with Crippen molar-refractivity contribution in [3.63, 3.8) is 0 Å². The molecule has 0 fully saturated rings. The molecule has 1 unspecified atom stereocenters. The van der Waals surface area contributed by atoms with E-state index in [-0.39, 0.29) is 6.10 Å². The molecule has 0 saturated heterocycles. The summed E-state index contributed by atoms with van der Waals surface area (Å²) in [6.45, 7) is 1.59. The molecule has 2 aromatic heterocycles. The fraction of sp³-hybridized carbons (Fsp3) is 0.200. The molecule has 0 spiro atoms. The number of para-hydroxylation sites is 1. The molecule has 1 N–H and O–H groups in total. The molecule has 0 amide bonds. The van der Waals surface area contributed by atoms with Gasteiger partial charge in [0.2, 0.25) is 0 Å². The lowest BCUT2D eigenvalue weighted by Gasteiger charge is -2.12. The first-order valence-corrected chi connectivity index (χ1v) is 14.4. The van der Waals surface area contributed by atoms with Crippen molar-refractivity contribution in [2.75, 3.05) is 20.8 Å². The van der Waals surface area contributed by atoms with E-state index >= 15 is 0 Å². The van der Waals surface area contributed by atoms with Crippen LogP contribution in [-0.2, 0) is 18.8 Å². The van der Waals surface area contributed by atoms with Crippen LogP contribution in [-0.4, -0.2) is 36.8 Å². The third-order valence-electron chi connectivity index (χ3n) is 7.01. The SMILES string of the molecule is COc1ccc(-c2cncc(CCl)c2)cc1.COc1ccc(-c2cncc(CNCC3Cc4ccccc4O3)c2)cc1. The van der Waals surface area contributed by atoms with Crippen LogP contribution in [0.4, 0.5) is 0 Å². The van der Waals surface area contributed by atoms with E-state index in [0.717, 1.165) is 70.1 Å². The number of alkyl halides is 1. The molecule has 3 heterocycles. The number of pyridine rings is 2. The molecule has 1 aliphatic rings. The summed E-state index contributed by atoms with van der Waals surface area (Å²) in [6.07, 6.45) is 8.57. The van der Waals surface area contributed by atoms with Gasteiger partial charge in [-0.3, -0.25) is 9.97 Å². The molecule has 42 heavy (non-hydrogen) atoms. The minimum atomic E-state index is 0.199. The molecule has 6 nitrogen and oxygen atoms in total. The average molecular weight is 580 g/mol. The Bertz CT molecular complexity index is 1550. The summed E-state index contributed by atoms with van der Waals surface area (Å²) in [5.41, 5.74) is 7.90. The Balaban J connectivity index is 0.000000189. The van der Waals surface area contributed by atoms with E-state index in [1.807, 2.05) is 73.2 Å². The zero-order valence-electron chi connectivity index (χ0n) is 23.8. The number of nitrogens with one attached hydrogen (secondary N) is 1. The van der Waals surface area contributed by atoms with E-state index in [1.165, 1.54) is 5.56 Å². The van der Waals surface area contributed by atoms with E-state index in [1.54, 1.807) is 20.4 Å². The van der Waals surface area contributed by atoms with Gasteiger partial charge in [0.25, 0.3) is 0 Å². The molecule has 0 bridgehead atoms. The second-order valence-electron chi connectivity index (χ2n) is 9.94. The van der Waals surface area contributed by atoms with Crippen LogP contribution in [0.25, 0.3) is 22.3 Å². The van der Waals surface area contributed by atoms with Gasteiger partial charge in [-0.05, 0) is 70.3 Å². The number of aromatic nitrogens is 2. The third-order valence-corrected chi connectivity index (χ3v) is 7.31. The molecule has 0 saturated carbocycles. The van der Waals surface area contributed by atoms with Crippen molar-refractivity contribution in [2.24, 2.45) is 0 Å². The summed E-state index contributed by atoms with van der Waals surface area (Å²) in [6, 6.07) is 28.4. The molecule has 1 atom stereocenters. The van der Waals surface area contributed by atoms with Gasteiger partial charge in [-0.15, -0.1) is 11.6 Å². The molecule has 5 aromatic rings. The van der Waals surface area contributed by atoms with Gasteiger partial charge in [-0.2, -0.15) is 0 Å². The number of nitrogens with zero attached hydrogens (tertiary/aromatic N) is 2. The van der Waals surface area contributed by atoms with Crippen molar-refractivity contribution in [2.45, 2.75) is 24.9 Å². The number of hydrogen-bond donors (Lipinski definition) is 1. The summed E-state index contributed by atoms with van der Waals surface area (Å²) in [5.74, 6) is 3.21. The highest BCUT2D eigenvalue weighted by Crippen LogP contribution is 2.28. The fourth-order valence-electron chi connectivity index (χ4n) is 4.77. The Morgan fingerprint density at radius 3 is 1.88 bits per heavy atom. The van der Waals surface area contributed by atoms with Gasteiger partial charge in [-0.1, -0.05) is 42.5 Å². The van der Waals surface area contributed by atoms with E-state index in [9.17, 15) is 0 Å². The highest BCUT2D eigenvalue weighted by Gasteiger charge is 2.21. The first kappa shape index (κ1) is 29.1. The number of fused-ring (bicyclic) bond motifs is 1. The first-order valence-electron chi connectivity index (χ1n) is 13.8. The molecule has 3 aromatic carbocycles. The van der Waals surface area contributed by atoms with Gasteiger partial charge >= 0.3 is 0 Å². The summed E-state index contributed by atoms with van der Waals surface area (Å²) < 4.78 is 16.3. The van der Waals surface area contributed by atoms with Gasteiger partial charge in [0.05, 0.1) is 14.2 Å². The van der Waals surface area contributed by atoms with E-state index in [2.05, 4.69) is 45.6 Å². The number of ether oxygens (including phenoxy) is 3. The van der Waals surface area contributed by atoms with E-state index in [4.69, 9.17) is 25.8 Å². The van der Waals surface area contributed by atoms with Crippen LogP contribution >= 0.6 is 11.6 Å². The maximum atomic E-state index is 5.97. The Morgan fingerprint density at radius 1 is 0.738 bits per heavy atom. The van der Waals surface area contributed by atoms with Crippen LogP contribution in [0, 0.1) is 0 Å². The average Bonchev–Trinajstić information content (AvgIpc) is 3.48. The quantitative estimate of drug-likeness (QED) is 0.184. The zero-order chi connectivity index (χ0) is 29.1. The lowest BCUT2D eigenvalue weighted by molar-refractivity contribution is 0.227. The predicted octanol–water partition coefficient (Wildman–Crippen LogP) is 7.35. The second-order valence-corrected chi connectivity index (χ2v) is 10.2. The maximum absolute atomic E-state index is 5.97. The van der Waals surface area contributed by atoms with E-state index in [0.29, 0.717) is 5.88 Å². The lowest BCUT2D eigenvalue weighted by atomic mass is 10.1. The van der Waals surface area contributed by atoms with Crippen LogP contribution in [0.1, 0.15) is 16.7 Å². The first-order chi connectivity index (χ1) is 20.6. The van der Waals surface area contributed by atoms with Crippen molar-refractivity contribution in [1.82, 2.24) is 15.3 Å². The van der Waals surface area contributed by atoms with Crippen LogP contribution in [0.15, 0.2) is 110 Å². The monoisotopic (exact) mass is 579 g/mol. The summed E-state index contributed by atoms with van der Waals surface area (Å²) >= 11 is 5.77. The normalized spacial score (nSPS) is 13.4. The highest BCUT2D eigenvalue weighted by molar-refractivity contribution is 6.17. The summed E-state index contributed by atoms with van der Waals surface area (Å²) in [4.78, 5) is 8.54. The second kappa shape index (κ2) is 14.5. The van der Waals surface area contributed by atoms with Crippen LogP contribution in [0.3, 0.4) is 0 Å². The zero-order valence-corrected chi connectivity index (χ0v) is 24.6. The number of methoxy groups -OCH3 is 2. The Hall–Kier alpha value is -4.39.